The van der Waals surface area contributed by atoms with Gasteiger partial charge >= 0.3 is 12.1 Å². The van der Waals surface area contributed by atoms with Gasteiger partial charge in [-0.1, -0.05) is 85.2 Å². The molecule has 0 fully saturated rings. The molecule has 0 bridgehead atoms. The Morgan fingerprint density at radius 1 is 0.810 bits per heavy atom. The first-order valence-corrected chi connectivity index (χ1v) is 14.3. The largest absolute Gasteiger partial charge is 0.481 e. The van der Waals surface area contributed by atoms with E-state index in [4.69, 9.17) is 9.84 Å². The third kappa shape index (κ3) is 8.30. The number of carbonyl (C=O) groups excluding carboxylic acids is 2. The molecular formula is C34H33BrN2O5. The van der Waals surface area contributed by atoms with Crippen LogP contribution < -0.4 is 15.0 Å². The van der Waals surface area contributed by atoms with Gasteiger partial charge in [-0.05, 0) is 76.2 Å². The van der Waals surface area contributed by atoms with Crippen molar-refractivity contribution in [2.45, 2.75) is 39.2 Å². The molecule has 4 aromatic carbocycles. The number of halogens is 1. The maximum Gasteiger partial charge on any atom is 0.420 e. The minimum atomic E-state index is -0.988. The highest BCUT2D eigenvalue weighted by atomic mass is 79.9. The lowest BCUT2D eigenvalue weighted by atomic mass is 9.87. The van der Waals surface area contributed by atoms with Crippen LogP contribution in [0.15, 0.2) is 102 Å². The van der Waals surface area contributed by atoms with Crippen LogP contribution >= 0.6 is 15.9 Å². The standard InChI is InChI=1S/C34H33BrN2O5/c1-34(2,3)27-12-4-23(5-13-27)22-37(29-16-8-26(9-17-29)32(40)36-21-20-31(38)39)33(41)42-30-18-10-25(11-19-30)24-6-14-28(35)15-7-24/h4-19H,20-22H2,1-3H3,(H,36,40)(H,38,39). The van der Waals surface area contributed by atoms with E-state index >= 15 is 0 Å². The zero-order valence-corrected chi connectivity index (χ0v) is 25.4. The number of carboxylic acids is 1. The van der Waals surface area contributed by atoms with Gasteiger partial charge in [-0.3, -0.25) is 14.5 Å². The molecule has 0 saturated heterocycles. The van der Waals surface area contributed by atoms with Crippen LogP contribution in [0.3, 0.4) is 0 Å². The fourth-order valence-corrected chi connectivity index (χ4v) is 4.51. The van der Waals surface area contributed by atoms with Gasteiger partial charge in [0, 0.05) is 22.3 Å². The first-order valence-electron chi connectivity index (χ1n) is 13.5. The average molecular weight is 630 g/mol. The maximum absolute atomic E-state index is 13.5. The maximum atomic E-state index is 13.5. The van der Waals surface area contributed by atoms with E-state index < -0.39 is 12.1 Å². The zero-order valence-electron chi connectivity index (χ0n) is 23.8. The van der Waals surface area contributed by atoms with E-state index in [9.17, 15) is 14.4 Å². The van der Waals surface area contributed by atoms with Gasteiger partial charge in [-0.15, -0.1) is 0 Å². The number of nitrogens with zero attached hydrogens (tertiary/aromatic N) is 1. The summed E-state index contributed by atoms with van der Waals surface area (Å²) in [6.45, 7) is 6.72. The number of nitrogens with one attached hydrogen (secondary N) is 1. The number of benzene rings is 4. The Labute approximate surface area is 254 Å². The minimum Gasteiger partial charge on any atom is -0.481 e. The monoisotopic (exact) mass is 628 g/mol. The molecule has 0 aliphatic carbocycles. The molecule has 0 heterocycles. The normalized spacial score (nSPS) is 11.0. The Morgan fingerprint density at radius 2 is 1.38 bits per heavy atom. The third-order valence-electron chi connectivity index (χ3n) is 6.68. The Morgan fingerprint density at radius 3 is 1.93 bits per heavy atom. The second-order valence-electron chi connectivity index (χ2n) is 10.9. The van der Waals surface area contributed by atoms with Crippen molar-refractivity contribution >= 4 is 39.6 Å². The topological polar surface area (TPSA) is 95.9 Å². The van der Waals surface area contributed by atoms with Crippen LogP contribution in [0.25, 0.3) is 11.1 Å². The highest BCUT2D eigenvalue weighted by Crippen LogP contribution is 2.27. The number of rotatable bonds is 9. The quantitative estimate of drug-likeness (QED) is 0.197. The Kier molecular flexibility index (Phi) is 9.80. The van der Waals surface area contributed by atoms with Crippen LogP contribution in [-0.2, 0) is 16.8 Å². The zero-order chi connectivity index (χ0) is 30.3. The van der Waals surface area contributed by atoms with Crippen LogP contribution in [-0.4, -0.2) is 29.6 Å². The van der Waals surface area contributed by atoms with Crippen LogP contribution in [0.5, 0.6) is 5.75 Å². The van der Waals surface area contributed by atoms with Crippen molar-refractivity contribution in [2.24, 2.45) is 0 Å². The average Bonchev–Trinajstić information content (AvgIpc) is 2.96. The fourth-order valence-electron chi connectivity index (χ4n) is 4.25. The fraction of sp³-hybridized carbons (Fsp3) is 0.206. The molecule has 0 aliphatic rings. The lowest BCUT2D eigenvalue weighted by molar-refractivity contribution is -0.136. The van der Waals surface area contributed by atoms with Crippen molar-refractivity contribution in [1.29, 1.82) is 0 Å². The first kappa shape index (κ1) is 30.5. The molecule has 2 amide bonds. The lowest BCUT2D eigenvalue weighted by Crippen LogP contribution is -2.33. The van der Waals surface area contributed by atoms with E-state index in [2.05, 4.69) is 54.2 Å². The van der Waals surface area contributed by atoms with Crippen molar-refractivity contribution in [1.82, 2.24) is 5.32 Å². The summed E-state index contributed by atoms with van der Waals surface area (Å²) in [5.74, 6) is -0.970. The van der Waals surface area contributed by atoms with Crippen molar-refractivity contribution < 1.29 is 24.2 Å². The summed E-state index contributed by atoms with van der Waals surface area (Å²) in [5.41, 5.74) is 5.05. The molecule has 4 rings (SSSR count). The number of hydrogen-bond acceptors (Lipinski definition) is 4. The summed E-state index contributed by atoms with van der Waals surface area (Å²) in [6, 6.07) is 29.9. The van der Waals surface area contributed by atoms with E-state index in [1.165, 1.54) is 10.5 Å². The smallest absolute Gasteiger partial charge is 0.420 e. The van der Waals surface area contributed by atoms with Crippen molar-refractivity contribution in [3.8, 4) is 16.9 Å². The van der Waals surface area contributed by atoms with Gasteiger partial charge in [0.25, 0.3) is 5.91 Å². The number of hydrogen-bond donors (Lipinski definition) is 2. The number of anilines is 1. The second kappa shape index (κ2) is 13.5. The van der Waals surface area contributed by atoms with Gasteiger partial charge in [-0.25, -0.2) is 4.79 Å². The summed E-state index contributed by atoms with van der Waals surface area (Å²) in [7, 11) is 0. The van der Waals surface area contributed by atoms with Crippen LogP contribution in [0.2, 0.25) is 0 Å². The summed E-state index contributed by atoms with van der Waals surface area (Å²) in [5, 5.41) is 11.4. The summed E-state index contributed by atoms with van der Waals surface area (Å²) in [4.78, 5) is 38.2. The minimum absolute atomic E-state index is 0.000422. The van der Waals surface area contributed by atoms with Crippen LogP contribution in [0.4, 0.5) is 10.5 Å². The molecule has 0 spiro atoms. The number of amides is 2. The molecule has 216 valence electrons. The van der Waals surface area contributed by atoms with E-state index in [1.54, 1.807) is 36.4 Å². The van der Waals surface area contributed by atoms with Crippen LogP contribution in [0.1, 0.15) is 48.7 Å². The summed E-state index contributed by atoms with van der Waals surface area (Å²) < 4.78 is 6.79. The highest BCUT2D eigenvalue weighted by Gasteiger charge is 2.21. The SMILES string of the molecule is CC(C)(C)c1ccc(CN(C(=O)Oc2ccc(-c3ccc(Br)cc3)cc2)c2ccc(C(=O)NCCC(=O)O)cc2)cc1. The van der Waals surface area contributed by atoms with E-state index in [0.29, 0.717) is 17.0 Å². The number of aliphatic carboxylic acids is 1. The molecule has 0 saturated carbocycles. The highest BCUT2D eigenvalue weighted by molar-refractivity contribution is 9.10. The Balaban J connectivity index is 1.54. The third-order valence-corrected chi connectivity index (χ3v) is 7.21. The molecule has 0 aromatic heterocycles. The van der Waals surface area contributed by atoms with Crippen molar-refractivity contribution in [3.63, 3.8) is 0 Å². The van der Waals surface area contributed by atoms with Gasteiger partial charge in [0.2, 0.25) is 0 Å². The van der Waals surface area contributed by atoms with Gasteiger partial charge in [0.05, 0.1) is 13.0 Å². The van der Waals surface area contributed by atoms with E-state index in [1.807, 2.05) is 48.5 Å². The van der Waals surface area contributed by atoms with Crippen molar-refractivity contribution in [2.75, 3.05) is 11.4 Å². The Hall–Kier alpha value is -4.43. The molecule has 0 radical (unpaired) electrons. The van der Waals surface area contributed by atoms with Crippen molar-refractivity contribution in [3.05, 3.63) is 118 Å². The predicted octanol–water partition coefficient (Wildman–Crippen LogP) is 7.82. The molecule has 7 nitrogen and oxygen atoms in total. The van der Waals surface area contributed by atoms with Gasteiger partial charge in [0.15, 0.2) is 0 Å². The van der Waals surface area contributed by atoms with Crippen LogP contribution in [0, 0.1) is 0 Å². The summed E-state index contributed by atoms with van der Waals surface area (Å²) in [6.07, 6.45) is -0.730. The van der Waals surface area contributed by atoms with Gasteiger partial charge in [0.1, 0.15) is 5.75 Å². The molecule has 42 heavy (non-hydrogen) atoms. The molecule has 2 N–H and O–H groups in total. The molecule has 8 heteroatoms. The molecule has 4 aromatic rings. The van der Waals surface area contributed by atoms with E-state index in [-0.39, 0.29) is 30.8 Å². The second-order valence-corrected chi connectivity index (χ2v) is 11.8. The number of carboxylic acid groups (broad SMARTS) is 1. The molecule has 0 unspecified atom stereocenters. The summed E-state index contributed by atoms with van der Waals surface area (Å²) >= 11 is 3.45. The molecular weight excluding hydrogens is 596 g/mol. The number of ether oxygens (including phenoxy) is 1. The predicted molar refractivity (Wildman–Crippen MR) is 168 cm³/mol. The first-order chi connectivity index (χ1) is 20.0. The lowest BCUT2D eigenvalue weighted by Gasteiger charge is -2.24. The van der Waals surface area contributed by atoms with E-state index in [0.717, 1.165) is 21.2 Å². The van der Waals surface area contributed by atoms with Gasteiger partial charge in [-0.2, -0.15) is 0 Å². The van der Waals surface area contributed by atoms with Gasteiger partial charge < -0.3 is 15.2 Å². The molecule has 0 atom stereocenters. The Bertz CT molecular complexity index is 1530. The molecule has 0 aliphatic heterocycles. The number of carbonyl (C=O) groups is 3.